The third-order valence-corrected chi connectivity index (χ3v) is 5.52. The second-order valence-corrected chi connectivity index (χ2v) is 7.80. The number of nitrogens with two attached hydrogens (primary N) is 1. The van der Waals surface area contributed by atoms with Gasteiger partial charge in [-0.25, -0.2) is 4.98 Å². The van der Waals surface area contributed by atoms with Crippen LogP contribution in [0.15, 0.2) is 6.20 Å². The molecule has 3 rings (SSSR count). The molecule has 156 valence electrons. The van der Waals surface area contributed by atoms with Gasteiger partial charge in [0.25, 0.3) is 5.69 Å². The number of carbonyl (C=O) groups excluding carboxylic acids is 1. The summed E-state index contributed by atoms with van der Waals surface area (Å²) in [5.41, 5.74) is 8.81. The van der Waals surface area contributed by atoms with Crippen LogP contribution in [0, 0.1) is 13.8 Å². The highest BCUT2D eigenvalue weighted by molar-refractivity contribution is 6.30. The zero-order chi connectivity index (χ0) is 21.5. The number of methoxy groups -OCH3 is 1. The molecule has 29 heavy (non-hydrogen) atoms. The Bertz CT molecular complexity index is 966. The van der Waals surface area contributed by atoms with Crippen molar-refractivity contribution in [3.8, 4) is 5.75 Å². The van der Waals surface area contributed by atoms with E-state index in [2.05, 4.69) is 9.97 Å². The molecular weight excluding hydrogens is 396 g/mol. The maximum atomic E-state index is 12.3. The van der Waals surface area contributed by atoms with Crippen molar-refractivity contribution in [1.29, 1.82) is 0 Å². The molecule has 0 saturated carbocycles. The maximum absolute atomic E-state index is 12.3. The minimum atomic E-state index is -0.173. The molecule has 0 radical (unpaired) electrons. The Kier molecular flexibility index (Phi) is 5.70. The fourth-order valence-corrected chi connectivity index (χ4v) is 4.11. The number of nitrogen functional groups attached to an aromatic ring is 1. The lowest BCUT2D eigenvalue weighted by atomic mass is 10.00. The quantitative estimate of drug-likeness (QED) is 0.427. The number of amides is 1. The molecule has 1 aliphatic rings. The normalized spacial score (nSPS) is 15.4. The van der Waals surface area contributed by atoms with Crippen LogP contribution in [0.4, 0.5) is 11.8 Å². The van der Waals surface area contributed by atoms with Crippen LogP contribution in [0.5, 0.6) is 5.75 Å². The third-order valence-electron chi connectivity index (χ3n) is 5.23. The molecule has 2 aromatic rings. The van der Waals surface area contributed by atoms with Crippen molar-refractivity contribution in [2.24, 2.45) is 0 Å². The minimum absolute atomic E-state index is 0.0129. The lowest BCUT2D eigenvalue weighted by molar-refractivity contribution is -0.910. The summed E-state index contributed by atoms with van der Waals surface area (Å²) in [5.74, 6) is 1.17. The second-order valence-electron chi connectivity index (χ2n) is 7.44. The topological polar surface area (TPSA) is 109 Å². The van der Waals surface area contributed by atoms with Crippen LogP contribution in [0.3, 0.4) is 0 Å². The Labute approximate surface area is 174 Å². The summed E-state index contributed by atoms with van der Waals surface area (Å²) in [6.07, 6.45) is 1.88. The summed E-state index contributed by atoms with van der Waals surface area (Å²) in [6, 6.07) is 0. The first-order valence-corrected chi connectivity index (χ1v) is 9.57. The van der Waals surface area contributed by atoms with Gasteiger partial charge in [0.2, 0.25) is 18.1 Å². The van der Waals surface area contributed by atoms with Crippen LogP contribution in [0.2, 0.25) is 5.15 Å². The van der Waals surface area contributed by atoms with Crippen LogP contribution in [0.25, 0.3) is 0 Å². The fourth-order valence-electron chi connectivity index (χ4n) is 3.79. The van der Waals surface area contributed by atoms with Crippen molar-refractivity contribution < 1.29 is 19.5 Å². The molecule has 9 nitrogen and oxygen atoms in total. The van der Waals surface area contributed by atoms with Gasteiger partial charge in [0, 0.05) is 43.3 Å². The van der Waals surface area contributed by atoms with Gasteiger partial charge in [-0.2, -0.15) is 4.98 Å². The van der Waals surface area contributed by atoms with Crippen molar-refractivity contribution in [1.82, 2.24) is 14.9 Å². The monoisotopic (exact) mass is 421 g/mol. The molecule has 0 saturated heterocycles. The zero-order valence-corrected chi connectivity index (χ0v) is 18.0. The molecule has 10 heteroatoms. The molecule has 0 aliphatic carbocycles. The molecule has 1 aliphatic heterocycles. The van der Waals surface area contributed by atoms with E-state index in [-0.39, 0.29) is 29.3 Å². The first-order valence-electron chi connectivity index (χ1n) is 9.20. The number of aryl methyl sites for hydroxylation is 1. The maximum Gasteiger partial charge on any atom is 0.259 e. The van der Waals surface area contributed by atoms with Gasteiger partial charge in [-0.05, 0) is 13.8 Å². The van der Waals surface area contributed by atoms with E-state index in [1.807, 2.05) is 18.7 Å². The van der Waals surface area contributed by atoms with Crippen molar-refractivity contribution in [2.75, 3.05) is 38.4 Å². The molecule has 0 aromatic carbocycles. The molecule has 1 atom stereocenters. The number of nitrogens with zero attached hydrogens (tertiary/aromatic N) is 5. The van der Waals surface area contributed by atoms with E-state index in [0.717, 1.165) is 15.9 Å². The lowest BCUT2D eigenvalue weighted by Crippen LogP contribution is -2.40. The SMILES string of the molecule is COc1c(C)c[n+](O)c(CN2CC(CC(=O)N(C)C)c3c(Cl)nc(N)nc32)c1C. The highest BCUT2D eigenvalue weighted by atomic mass is 35.5. The van der Waals surface area contributed by atoms with Crippen LogP contribution in [-0.2, 0) is 11.3 Å². The number of aromatic nitrogens is 3. The van der Waals surface area contributed by atoms with Gasteiger partial charge < -0.3 is 20.3 Å². The van der Waals surface area contributed by atoms with E-state index in [1.54, 1.807) is 32.3 Å². The van der Waals surface area contributed by atoms with Crippen LogP contribution in [-0.4, -0.2) is 53.7 Å². The average Bonchev–Trinajstić information content (AvgIpc) is 2.96. The number of pyridine rings is 1. The molecule has 0 spiro atoms. The van der Waals surface area contributed by atoms with E-state index < -0.39 is 0 Å². The summed E-state index contributed by atoms with van der Waals surface area (Å²) in [4.78, 5) is 24.3. The van der Waals surface area contributed by atoms with Gasteiger partial charge in [-0.15, -0.1) is 0 Å². The van der Waals surface area contributed by atoms with Gasteiger partial charge in [-0.3, -0.25) is 10.0 Å². The van der Waals surface area contributed by atoms with Crippen molar-refractivity contribution >= 4 is 29.3 Å². The predicted octanol–water partition coefficient (Wildman–Crippen LogP) is 1.44. The molecule has 3 N–H and O–H groups in total. The van der Waals surface area contributed by atoms with Crippen molar-refractivity contribution in [2.45, 2.75) is 32.7 Å². The highest BCUT2D eigenvalue weighted by Gasteiger charge is 2.37. The molecule has 1 amide bonds. The van der Waals surface area contributed by atoms with Crippen LogP contribution in [0.1, 0.15) is 34.7 Å². The van der Waals surface area contributed by atoms with Gasteiger partial charge in [-0.1, -0.05) is 11.6 Å². The number of carbonyl (C=O) groups is 1. The highest BCUT2D eigenvalue weighted by Crippen LogP contribution is 2.42. The molecule has 0 bridgehead atoms. The first kappa shape index (κ1) is 20.9. The second kappa shape index (κ2) is 7.90. The number of anilines is 2. The minimum Gasteiger partial charge on any atom is -0.496 e. The van der Waals surface area contributed by atoms with Crippen LogP contribution < -0.4 is 20.1 Å². The number of halogens is 1. The standard InChI is InChI=1S/C19H26ClN6O3/c1-10-7-26(28)13(11(2)16(10)29-5)9-25-8-12(6-14(27)24(3)4)15-17(20)22-19(21)23-18(15)25/h7,12,28H,6,8-9H2,1-5H3,(H2,21,22,23)/q+1. The molecule has 0 fully saturated rings. The van der Waals surface area contributed by atoms with Crippen molar-refractivity contribution in [3.05, 3.63) is 33.7 Å². The molecule has 2 aromatic heterocycles. The molecular formula is C19H26ClN6O3+. The largest absolute Gasteiger partial charge is 0.496 e. The number of fused-ring (bicyclic) bond motifs is 1. The summed E-state index contributed by atoms with van der Waals surface area (Å²) in [6.45, 7) is 4.59. The zero-order valence-electron chi connectivity index (χ0n) is 17.2. The molecule has 3 heterocycles. The number of rotatable bonds is 5. The Hall–Kier alpha value is -2.81. The van der Waals surface area contributed by atoms with E-state index in [4.69, 9.17) is 22.1 Å². The number of hydrogen-bond donors (Lipinski definition) is 2. The summed E-state index contributed by atoms with van der Waals surface area (Å²) >= 11 is 6.37. The summed E-state index contributed by atoms with van der Waals surface area (Å²) < 4.78 is 6.58. The fraction of sp³-hybridized carbons (Fsp3) is 0.474. The number of ether oxygens (including phenoxy) is 1. The Balaban J connectivity index is 2.01. The van der Waals surface area contributed by atoms with Crippen LogP contribution >= 0.6 is 11.6 Å². The Morgan fingerprint density at radius 2 is 2.14 bits per heavy atom. The van der Waals surface area contributed by atoms with Gasteiger partial charge in [0.15, 0.2) is 0 Å². The summed E-state index contributed by atoms with van der Waals surface area (Å²) in [7, 11) is 5.03. The van der Waals surface area contributed by atoms with Gasteiger partial charge in [0.05, 0.1) is 18.2 Å². The molecule has 1 unspecified atom stereocenters. The first-order chi connectivity index (χ1) is 13.6. The predicted molar refractivity (Wildman–Crippen MR) is 108 cm³/mol. The van der Waals surface area contributed by atoms with Crippen molar-refractivity contribution in [3.63, 3.8) is 0 Å². The van der Waals surface area contributed by atoms with Gasteiger partial charge in [0.1, 0.15) is 23.3 Å². The van der Waals surface area contributed by atoms with Gasteiger partial charge >= 0.3 is 0 Å². The summed E-state index contributed by atoms with van der Waals surface area (Å²) in [5, 5.41) is 10.7. The van der Waals surface area contributed by atoms with E-state index >= 15 is 0 Å². The van der Waals surface area contributed by atoms with E-state index in [1.165, 1.54) is 0 Å². The van der Waals surface area contributed by atoms with E-state index in [0.29, 0.717) is 35.9 Å². The average molecular weight is 422 g/mol. The lowest BCUT2D eigenvalue weighted by Gasteiger charge is -2.19. The Morgan fingerprint density at radius 3 is 2.76 bits per heavy atom. The Morgan fingerprint density at radius 1 is 1.45 bits per heavy atom. The van der Waals surface area contributed by atoms with E-state index in [9.17, 15) is 10.0 Å². The third kappa shape index (κ3) is 3.87. The number of hydrogen-bond acceptors (Lipinski definition) is 7. The smallest absolute Gasteiger partial charge is 0.259 e.